The fraction of sp³-hybridized carbons (Fsp3) is 0.625. The number of rotatable bonds is 3. The molecule has 0 spiro atoms. The molecule has 1 saturated carbocycles. The van der Waals surface area contributed by atoms with Gasteiger partial charge in [0.1, 0.15) is 0 Å². The molecule has 1 N–H and O–H groups in total. The fourth-order valence-corrected chi connectivity index (χ4v) is 1.17. The molecule has 0 amide bonds. The van der Waals surface area contributed by atoms with Crippen molar-refractivity contribution in [2.75, 3.05) is 6.61 Å². The van der Waals surface area contributed by atoms with Crippen LogP contribution in [-0.4, -0.2) is 21.5 Å². The SMILES string of the molecule is OCCc1cnn(C2CC2)c1. The lowest BCUT2D eigenvalue weighted by Crippen LogP contribution is -1.92. The summed E-state index contributed by atoms with van der Waals surface area (Å²) in [5.41, 5.74) is 1.14. The molecule has 3 nitrogen and oxygen atoms in total. The van der Waals surface area contributed by atoms with Crippen molar-refractivity contribution in [2.24, 2.45) is 0 Å². The van der Waals surface area contributed by atoms with E-state index in [1.54, 1.807) is 0 Å². The van der Waals surface area contributed by atoms with Gasteiger partial charge in [0.2, 0.25) is 0 Å². The third kappa shape index (κ3) is 1.43. The summed E-state index contributed by atoms with van der Waals surface area (Å²) in [6.45, 7) is 0.219. The highest BCUT2D eigenvalue weighted by molar-refractivity contribution is 5.05. The van der Waals surface area contributed by atoms with E-state index in [1.807, 2.05) is 17.1 Å². The van der Waals surface area contributed by atoms with Gasteiger partial charge in [-0.25, -0.2) is 0 Å². The van der Waals surface area contributed by atoms with Crippen molar-refractivity contribution < 1.29 is 5.11 Å². The molecule has 1 heterocycles. The van der Waals surface area contributed by atoms with Gasteiger partial charge in [-0.1, -0.05) is 0 Å². The van der Waals surface area contributed by atoms with Crippen molar-refractivity contribution in [3.05, 3.63) is 18.0 Å². The van der Waals surface area contributed by atoms with Gasteiger partial charge >= 0.3 is 0 Å². The van der Waals surface area contributed by atoms with Crippen molar-refractivity contribution in [1.29, 1.82) is 0 Å². The van der Waals surface area contributed by atoms with Crippen molar-refractivity contribution in [1.82, 2.24) is 9.78 Å². The highest BCUT2D eigenvalue weighted by Gasteiger charge is 2.23. The summed E-state index contributed by atoms with van der Waals surface area (Å²) in [6, 6.07) is 0.655. The van der Waals surface area contributed by atoms with E-state index >= 15 is 0 Å². The Labute approximate surface area is 65.7 Å². The topological polar surface area (TPSA) is 38.1 Å². The molecule has 60 valence electrons. The Kier molecular flexibility index (Phi) is 1.66. The maximum Gasteiger partial charge on any atom is 0.0522 e. The van der Waals surface area contributed by atoms with Crippen LogP contribution in [0, 0.1) is 0 Å². The Balaban J connectivity index is 2.06. The molecule has 2 rings (SSSR count). The number of hydrogen-bond donors (Lipinski definition) is 1. The normalized spacial score (nSPS) is 17.2. The molecule has 1 aliphatic carbocycles. The van der Waals surface area contributed by atoms with Gasteiger partial charge in [-0.15, -0.1) is 0 Å². The second-order valence-corrected chi connectivity index (χ2v) is 3.03. The molecule has 1 aromatic heterocycles. The van der Waals surface area contributed by atoms with Crippen LogP contribution in [0.5, 0.6) is 0 Å². The number of nitrogens with zero attached hydrogens (tertiary/aromatic N) is 2. The molecule has 1 fully saturated rings. The fourth-order valence-electron chi connectivity index (χ4n) is 1.17. The second kappa shape index (κ2) is 2.66. The predicted octanol–water partition coefficient (Wildman–Crippen LogP) is 0.753. The molecule has 0 radical (unpaired) electrons. The van der Waals surface area contributed by atoms with Gasteiger partial charge in [0.15, 0.2) is 0 Å². The standard InChI is InChI=1S/C8H12N2O/c11-4-3-7-5-9-10(6-7)8-1-2-8/h5-6,8,11H,1-4H2. The number of aromatic nitrogens is 2. The predicted molar refractivity (Wildman–Crippen MR) is 41.3 cm³/mol. The van der Waals surface area contributed by atoms with Crippen molar-refractivity contribution in [2.45, 2.75) is 25.3 Å². The van der Waals surface area contributed by atoms with E-state index in [0.29, 0.717) is 6.04 Å². The Morgan fingerprint density at radius 3 is 3.09 bits per heavy atom. The summed E-state index contributed by atoms with van der Waals surface area (Å²) in [5.74, 6) is 0. The van der Waals surface area contributed by atoms with Gasteiger partial charge in [-0.3, -0.25) is 4.68 Å². The van der Waals surface area contributed by atoms with Gasteiger partial charge in [-0.2, -0.15) is 5.10 Å². The molecule has 1 aromatic rings. The summed E-state index contributed by atoms with van der Waals surface area (Å²) < 4.78 is 2.00. The largest absolute Gasteiger partial charge is 0.396 e. The van der Waals surface area contributed by atoms with Crippen LogP contribution in [0.1, 0.15) is 24.4 Å². The summed E-state index contributed by atoms with van der Waals surface area (Å²) >= 11 is 0. The van der Waals surface area contributed by atoms with E-state index < -0.39 is 0 Å². The first-order chi connectivity index (χ1) is 5.40. The van der Waals surface area contributed by atoms with Gasteiger partial charge in [0.25, 0.3) is 0 Å². The summed E-state index contributed by atoms with van der Waals surface area (Å²) in [5, 5.41) is 12.8. The zero-order valence-electron chi connectivity index (χ0n) is 6.40. The van der Waals surface area contributed by atoms with Crippen LogP contribution >= 0.6 is 0 Å². The van der Waals surface area contributed by atoms with Crippen molar-refractivity contribution in [3.63, 3.8) is 0 Å². The lowest BCUT2D eigenvalue weighted by atomic mass is 10.3. The van der Waals surface area contributed by atoms with Gasteiger partial charge < -0.3 is 5.11 Å². The van der Waals surface area contributed by atoms with E-state index in [4.69, 9.17) is 5.11 Å². The Hall–Kier alpha value is -0.830. The zero-order valence-corrected chi connectivity index (χ0v) is 6.40. The number of hydrogen-bond acceptors (Lipinski definition) is 2. The van der Waals surface area contributed by atoms with Crippen LogP contribution in [0.25, 0.3) is 0 Å². The molecule has 0 aliphatic heterocycles. The second-order valence-electron chi connectivity index (χ2n) is 3.03. The lowest BCUT2D eigenvalue weighted by molar-refractivity contribution is 0.299. The smallest absolute Gasteiger partial charge is 0.0522 e. The van der Waals surface area contributed by atoms with Crippen LogP contribution in [0.3, 0.4) is 0 Å². The zero-order chi connectivity index (χ0) is 7.68. The lowest BCUT2D eigenvalue weighted by Gasteiger charge is -1.93. The summed E-state index contributed by atoms with van der Waals surface area (Å²) in [7, 11) is 0. The van der Waals surface area contributed by atoms with E-state index in [0.717, 1.165) is 12.0 Å². The maximum absolute atomic E-state index is 8.65. The summed E-state index contributed by atoms with van der Waals surface area (Å²) in [6.07, 6.45) is 7.13. The first-order valence-corrected chi connectivity index (χ1v) is 4.04. The molecule has 0 aromatic carbocycles. The number of aliphatic hydroxyl groups excluding tert-OH is 1. The van der Waals surface area contributed by atoms with Crippen LogP contribution < -0.4 is 0 Å². The minimum Gasteiger partial charge on any atom is -0.396 e. The minimum atomic E-state index is 0.219. The molecule has 0 unspecified atom stereocenters. The summed E-state index contributed by atoms with van der Waals surface area (Å²) in [4.78, 5) is 0. The molecule has 0 bridgehead atoms. The Bertz CT molecular complexity index is 240. The van der Waals surface area contributed by atoms with Crippen LogP contribution in [0.4, 0.5) is 0 Å². The molecule has 1 aliphatic rings. The highest BCUT2D eigenvalue weighted by atomic mass is 16.2. The molecule has 11 heavy (non-hydrogen) atoms. The van der Waals surface area contributed by atoms with E-state index in [1.165, 1.54) is 12.8 Å². The average Bonchev–Trinajstić information content (AvgIpc) is 2.75. The van der Waals surface area contributed by atoms with Gasteiger partial charge in [-0.05, 0) is 24.8 Å². The van der Waals surface area contributed by atoms with E-state index in [9.17, 15) is 0 Å². The molecular formula is C8H12N2O. The molecule has 3 heteroatoms. The van der Waals surface area contributed by atoms with Crippen molar-refractivity contribution >= 4 is 0 Å². The first kappa shape index (κ1) is 6.85. The maximum atomic E-state index is 8.65. The van der Waals surface area contributed by atoms with Crippen LogP contribution in [-0.2, 0) is 6.42 Å². The monoisotopic (exact) mass is 152 g/mol. The van der Waals surface area contributed by atoms with E-state index in [-0.39, 0.29) is 6.61 Å². The third-order valence-electron chi connectivity index (χ3n) is 1.98. The molecular weight excluding hydrogens is 140 g/mol. The van der Waals surface area contributed by atoms with Gasteiger partial charge in [0, 0.05) is 12.8 Å². The highest BCUT2D eigenvalue weighted by Crippen LogP contribution is 2.33. The average molecular weight is 152 g/mol. The molecule has 0 atom stereocenters. The van der Waals surface area contributed by atoms with E-state index in [2.05, 4.69) is 5.10 Å². The molecule has 0 saturated heterocycles. The van der Waals surface area contributed by atoms with Crippen LogP contribution in [0.15, 0.2) is 12.4 Å². The first-order valence-electron chi connectivity index (χ1n) is 4.04. The Morgan fingerprint density at radius 2 is 2.45 bits per heavy atom. The van der Waals surface area contributed by atoms with Gasteiger partial charge in [0.05, 0.1) is 12.2 Å². The number of aliphatic hydroxyl groups is 1. The van der Waals surface area contributed by atoms with Crippen LogP contribution in [0.2, 0.25) is 0 Å². The Morgan fingerprint density at radius 1 is 1.64 bits per heavy atom. The minimum absolute atomic E-state index is 0.219. The quantitative estimate of drug-likeness (QED) is 0.694. The van der Waals surface area contributed by atoms with Crippen molar-refractivity contribution in [3.8, 4) is 0 Å². The third-order valence-corrected chi connectivity index (χ3v) is 1.98.